The molecular weight excluding hydrogens is 144 g/mol. The van der Waals surface area contributed by atoms with Crippen LogP contribution in [0.15, 0.2) is 23.4 Å². The number of hydrogen-bond acceptors (Lipinski definition) is 3. The van der Waals surface area contributed by atoms with Gasteiger partial charge in [0.15, 0.2) is 0 Å². The van der Waals surface area contributed by atoms with E-state index in [0.717, 1.165) is 0 Å². The van der Waals surface area contributed by atoms with Crippen molar-refractivity contribution in [3.63, 3.8) is 0 Å². The fourth-order valence-corrected chi connectivity index (χ4v) is 0.723. The lowest BCUT2D eigenvalue weighted by Crippen LogP contribution is -2.11. The zero-order chi connectivity index (χ0) is 8.27. The average Bonchev–Trinajstić information content (AvgIpc) is 1.93. The highest BCUT2D eigenvalue weighted by Gasteiger charge is 1.92. The Morgan fingerprint density at radius 2 is 2.45 bits per heavy atom. The quantitative estimate of drug-likeness (QED) is 0.591. The van der Waals surface area contributed by atoms with Crippen molar-refractivity contribution in [2.45, 2.75) is 13.5 Å². The number of nitrogens with zero attached hydrogens (tertiary/aromatic N) is 2. The summed E-state index contributed by atoms with van der Waals surface area (Å²) < 4.78 is 1.56. The maximum atomic E-state index is 10.6. The largest absolute Gasteiger partial charge is 0.331 e. The first-order valence-corrected chi connectivity index (χ1v) is 3.20. The minimum absolute atomic E-state index is 0.0375. The van der Waals surface area contributed by atoms with Crippen LogP contribution in [0.4, 0.5) is 0 Å². The van der Waals surface area contributed by atoms with Crippen LogP contribution in [0.25, 0.3) is 0 Å². The van der Waals surface area contributed by atoms with Crippen molar-refractivity contribution in [1.82, 2.24) is 9.55 Å². The summed E-state index contributed by atoms with van der Waals surface area (Å²) in [6.45, 7) is 1.76. The van der Waals surface area contributed by atoms with Gasteiger partial charge in [-0.25, -0.2) is 0 Å². The highest BCUT2D eigenvalue weighted by atomic mass is 16.1. The van der Waals surface area contributed by atoms with Crippen LogP contribution < -0.4 is 5.56 Å². The third kappa shape index (κ3) is 2.33. The highest BCUT2D eigenvalue weighted by Crippen LogP contribution is 1.82. The van der Waals surface area contributed by atoms with Crippen molar-refractivity contribution < 1.29 is 4.79 Å². The van der Waals surface area contributed by atoms with Gasteiger partial charge < -0.3 is 4.57 Å². The van der Waals surface area contributed by atoms with Gasteiger partial charge in [0.25, 0.3) is 5.56 Å². The maximum absolute atomic E-state index is 10.6. The first-order valence-electron chi connectivity index (χ1n) is 3.20. The third-order valence-electron chi connectivity index (χ3n) is 1.15. The Morgan fingerprint density at radius 3 is 2.91 bits per heavy atom. The monoisotopic (exact) mass is 152 g/mol. The molecular formula is C7H8N2O2. The van der Waals surface area contributed by atoms with Crippen molar-refractivity contribution >= 4 is 5.78 Å². The van der Waals surface area contributed by atoms with E-state index in [1.807, 2.05) is 0 Å². The summed E-state index contributed by atoms with van der Waals surface area (Å²) in [5.41, 5.74) is -0.287. The molecule has 0 atom stereocenters. The molecule has 4 heteroatoms. The predicted octanol–water partition coefficient (Wildman–Crippen LogP) is -0.168. The van der Waals surface area contributed by atoms with Gasteiger partial charge in [-0.1, -0.05) is 0 Å². The van der Waals surface area contributed by atoms with Crippen LogP contribution in [-0.4, -0.2) is 15.3 Å². The number of hydrogen-bond donors (Lipinski definition) is 0. The Morgan fingerprint density at radius 1 is 1.73 bits per heavy atom. The van der Waals surface area contributed by atoms with E-state index >= 15 is 0 Å². The molecule has 4 nitrogen and oxygen atoms in total. The summed E-state index contributed by atoms with van der Waals surface area (Å²) in [6.07, 6.45) is 2.89. The number of ketones is 1. The standard InChI is InChI=1S/C7H8N2O2/c1-6(10)4-9-3-2-7(11)8-5-9/h2-3,5H,4H2,1H3. The first kappa shape index (κ1) is 7.65. The second-order valence-corrected chi connectivity index (χ2v) is 2.27. The molecule has 1 heterocycles. The summed E-state index contributed by atoms with van der Waals surface area (Å²) in [7, 11) is 0. The van der Waals surface area contributed by atoms with E-state index in [0.29, 0.717) is 0 Å². The third-order valence-corrected chi connectivity index (χ3v) is 1.15. The number of Topliss-reactive ketones (excluding diaryl/α,β-unsaturated/α-hetero) is 1. The smallest absolute Gasteiger partial charge is 0.272 e. The van der Waals surface area contributed by atoms with Crippen LogP contribution in [0.5, 0.6) is 0 Å². The highest BCUT2D eigenvalue weighted by molar-refractivity contribution is 5.75. The van der Waals surface area contributed by atoms with Crippen molar-refractivity contribution in [3.05, 3.63) is 28.9 Å². The van der Waals surface area contributed by atoms with Gasteiger partial charge in [-0.05, 0) is 6.92 Å². The van der Waals surface area contributed by atoms with E-state index in [1.54, 1.807) is 4.57 Å². The lowest BCUT2D eigenvalue weighted by Gasteiger charge is -1.98. The van der Waals surface area contributed by atoms with Crippen molar-refractivity contribution in [3.8, 4) is 0 Å². The van der Waals surface area contributed by atoms with Crippen molar-refractivity contribution in [1.29, 1.82) is 0 Å². The summed E-state index contributed by atoms with van der Waals surface area (Å²) in [5, 5.41) is 0. The van der Waals surface area contributed by atoms with E-state index in [9.17, 15) is 9.59 Å². The van der Waals surface area contributed by atoms with E-state index in [4.69, 9.17) is 0 Å². The van der Waals surface area contributed by atoms with E-state index in [1.165, 1.54) is 25.5 Å². The van der Waals surface area contributed by atoms with Gasteiger partial charge in [0, 0.05) is 12.3 Å². The Hall–Kier alpha value is -1.45. The lowest BCUT2D eigenvalue weighted by molar-refractivity contribution is -0.117. The molecule has 1 aromatic heterocycles. The number of carbonyl (C=O) groups excluding carboxylic acids is 1. The minimum atomic E-state index is -0.287. The van der Waals surface area contributed by atoms with Crippen LogP contribution in [-0.2, 0) is 11.3 Å². The molecule has 0 aliphatic heterocycles. The van der Waals surface area contributed by atoms with Gasteiger partial charge in [0.2, 0.25) is 0 Å². The molecule has 0 radical (unpaired) electrons. The van der Waals surface area contributed by atoms with Gasteiger partial charge in [-0.2, -0.15) is 4.98 Å². The fourth-order valence-electron chi connectivity index (χ4n) is 0.723. The molecule has 1 rings (SSSR count). The molecule has 0 amide bonds. The molecule has 0 spiro atoms. The molecule has 0 unspecified atom stereocenters. The first-order chi connectivity index (χ1) is 5.18. The summed E-state index contributed by atoms with van der Waals surface area (Å²) in [5.74, 6) is 0.0375. The van der Waals surface area contributed by atoms with Crippen LogP contribution in [0.3, 0.4) is 0 Å². The summed E-state index contributed by atoms with van der Waals surface area (Å²) >= 11 is 0. The zero-order valence-electron chi connectivity index (χ0n) is 6.15. The van der Waals surface area contributed by atoms with Gasteiger partial charge >= 0.3 is 0 Å². The topological polar surface area (TPSA) is 52.0 Å². The molecule has 0 saturated heterocycles. The van der Waals surface area contributed by atoms with Gasteiger partial charge in [-0.15, -0.1) is 0 Å². The Bertz CT molecular complexity index is 296. The summed E-state index contributed by atoms with van der Waals surface area (Å²) in [4.78, 5) is 24.6. The lowest BCUT2D eigenvalue weighted by atomic mass is 10.4. The van der Waals surface area contributed by atoms with Gasteiger partial charge in [0.1, 0.15) is 5.78 Å². The van der Waals surface area contributed by atoms with Crippen LogP contribution in [0, 0.1) is 0 Å². The number of aromatic nitrogens is 2. The Kier molecular flexibility index (Phi) is 2.15. The van der Waals surface area contributed by atoms with E-state index in [-0.39, 0.29) is 17.9 Å². The van der Waals surface area contributed by atoms with E-state index < -0.39 is 0 Å². The molecule has 11 heavy (non-hydrogen) atoms. The molecule has 0 aliphatic carbocycles. The van der Waals surface area contributed by atoms with Crippen molar-refractivity contribution in [2.75, 3.05) is 0 Å². The molecule has 1 aromatic rings. The van der Waals surface area contributed by atoms with E-state index in [2.05, 4.69) is 4.98 Å². The Balaban J connectivity index is 2.82. The minimum Gasteiger partial charge on any atom is -0.331 e. The molecule has 0 aromatic carbocycles. The molecule has 0 aliphatic rings. The predicted molar refractivity (Wildman–Crippen MR) is 39.2 cm³/mol. The zero-order valence-corrected chi connectivity index (χ0v) is 6.15. The van der Waals surface area contributed by atoms with Crippen LogP contribution in [0.1, 0.15) is 6.92 Å². The summed E-state index contributed by atoms with van der Waals surface area (Å²) in [6, 6.07) is 1.32. The van der Waals surface area contributed by atoms with Crippen LogP contribution in [0.2, 0.25) is 0 Å². The van der Waals surface area contributed by atoms with Crippen LogP contribution >= 0.6 is 0 Å². The Labute approximate surface area is 63.5 Å². The molecule has 58 valence electrons. The SMILES string of the molecule is CC(=O)Cn1ccc(=O)nc1. The number of carbonyl (C=O) groups is 1. The van der Waals surface area contributed by atoms with Gasteiger partial charge in [0.05, 0.1) is 12.9 Å². The molecule has 0 fully saturated rings. The number of rotatable bonds is 2. The maximum Gasteiger partial charge on any atom is 0.272 e. The van der Waals surface area contributed by atoms with Crippen molar-refractivity contribution in [2.24, 2.45) is 0 Å². The molecule has 0 bridgehead atoms. The normalized spacial score (nSPS) is 9.55. The average molecular weight is 152 g/mol. The molecule has 0 N–H and O–H groups in total. The second-order valence-electron chi connectivity index (χ2n) is 2.27. The second kappa shape index (κ2) is 3.09. The fraction of sp³-hybridized carbons (Fsp3) is 0.286. The van der Waals surface area contributed by atoms with Gasteiger partial charge in [-0.3, -0.25) is 9.59 Å². The molecule has 0 saturated carbocycles.